The van der Waals surface area contributed by atoms with E-state index in [9.17, 15) is 14.4 Å². The molecule has 6 heteroatoms. The van der Waals surface area contributed by atoms with Gasteiger partial charge in [-0.25, -0.2) is 9.69 Å². The van der Waals surface area contributed by atoms with Crippen LogP contribution in [0.2, 0.25) is 0 Å². The highest BCUT2D eigenvalue weighted by Crippen LogP contribution is 2.43. The van der Waals surface area contributed by atoms with E-state index in [1.807, 2.05) is 0 Å². The van der Waals surface area contributed by atoms with Crippen LogP contribution < -0.4 is 4.90 Å². The summed E-state index contributed by atoms with van der Waals surface area (Å²) in [5.41, 5.74) is 0.541. The lowest BCUT2D eigenvalue weighted by Crippen LogP contribution is -2.31. The molecule has 1 aliphatic carbocycles. The van der Waals surface area contributed by atoms with Crippen molar-refractivity contribution >= 4 is 39.4 Å². The summed E-state index contributed by atoms with van der Waals surface area (Å²) >= 11 is 3.25. The van der Waals surface area contributed by atoms with Crippen LogP contribution in [0.5, 0.6) is 0 Å². The highest BCUT2D eigenvalue weighted by molar-refractivity contribution is 9.10. The third-order valence-electron chi connectivity index (χ3n) is 4.03. The predicted molar refractivity (Wildman–Crippen MR) is 74.4 cm³/mol. The number of benzene rings is 1. The van der Waals surface area contributed by atoms with E-state index in [2.05, 4.69) is 15.9 Å². The molecule has 0 bridgehead atoms. The third-order valence-corrected chi connectivity index (χ3v) is 4.66. The van der Waals surface area contributed by atoms with Gasteiger partial charge in [-0.3, -0.25) is 9.59 Å². The number of aromatic carboxylic acids is 1. The average Bonchev–Trinajstić information content (AvgIpc) is 2.96. The van der Waals surface area contributed by atoms with Crippen molar-refractivity contribution < 1.29 is 19.5 Å². The smallest absolute Gasteiger partial charge is 0.335 e. The van der Waals surface area contributed by atoms with Crippen molar-refractivity contribution in [3.8, 4) is 0 Å². The number of carbonyl (C=O) groups excluding carboxylic acids is 2. The molecule has 2 unspecified atom stereocenters. The number of hydrogen-bond acceptors (Lipinski definition) is 3. The van der Waals surface area contributed by atoms with Crippen LogP contribution in [0.1, 0.15) is 29.6 Å². The maximum absolute atomic E-state index is 12.3. The number of imide groups is 1. The van der Waals surface area contributed by atoms with Gasteiger partial charge in [0.1, 0.15) is 0 Å². The topological polar surface area (TPSA) is 74.7 Å². The molecule has 0 spiro atoms. The summed E-state index contributed by atoms with van der Waals surface area (Å²) < 4.78 is 0.444. The number of amides is 2. The Balaban J connectivity index is 1.99. The van der Waals surface area contributed by atoms with Crippen molar-refractivity contribution in [3.63, 3.8) is 0 Å². The summed E-state index contributed by atoms with van der Waals surface area (Å²) in [4.78, 5) is 36.8. The Labute approximate surface area is 123 Å². The number of rotatable bonds is 2. The van der Waals surface area contributed by atoms with E-state index in [0.717, 1.165) is 19.3 Å². The van der Waals surface area contributed by atoms with Crippen molar-refractivity contribution in [2.75, 3.05) is 4.90 Å². The number of carboxylic acids is 1. The first-order chi connectivity index (χ1) is 9.50. The second-order valence-electron chi connectivity index (χ2n) is 5.13. The minimum atomic E-state index is -1.05. The molecule has 1 aromatic carbocycles. The number of hydrogen-bond donors (Lipinski definition) is 1. The van der Waals surface area contributed by atoms with E-state index in [1.54, 1.807) is 0 Å². The van der Waals surface area contributed by atoms with E-state index in [0.29, 0.717) is 10.2 Å². The molecule has 1 saturated heterocycles. The van der Waals surface area contributed by atoms with Crippen LogP contribution in [0.25, 0.3) is 0 Å². The lowest BCUT2D eigenvalue weighted by molar-refractivity contribution is -0.122. The first-order valence-electron chi connectivity index (χ1n) is 6.41. The van der Waals surface area contributed by atoms with E-state index >= 15 is 0 Å². The van der Waals surface area contributed by atoms with Gasteiger partial charge in [0, 0.05) is 4.47 Å². The Morgan fingerprint density at radius 3 is 2.30 bits per heavy atom. The number of fused-ring (bicyclic) bond motifs is 1. The van der Waals surface area contributed by atoms with E-state index < -0.39 is 5.97 Å². The molecular weight excluding hydrogens is 326 g/mol. The first kappa shape index (κ1) is 13.3. The monoisotopic (exact) mass is 337 g/mol. The summed E-state index contributed by atoms with van der Waals surface area (Å²) in [5.74, 6) is -1.78. The van der Waals surface area contributed by atoms with Gasteiger partial charge < -0.3 is 5.11 Å². The zero-order chi connectivity index (χ0) is 14.4. The molecule has 0 radical (unpaired) electrons. The second kappa shape index (κ2) is 4.70. The van der Waals surface area contributed by atoms with Crippen molar-refractivity contribution in [2.24, 2.45) is 11.8 Å². The Hall–Kier alpha value is -1.69. The van der Waals surface area contributed by atoms with Gasteiger partial charge in [0.05, 0.1) is 23.1 Å². The zero-order valence-corrected chi connectivity index (χ0v) is 12.1. The molecule has 1 aliphatic heterocycles. The van der Waals surface area contributed by atoms with Crippen molar-refractivity contribution in [2.45, 2.75) is 19.3 Å². The SMILES string of the molecule is O=C(O)c1ccc(N2C(=O)C3CCCC3C2=O)c(Br)c1. The van der Waals surface area contributed by atoms with Crippen molar-refractivity contribution in [1.29, 1.82) is 0 Å². The van der Waals surface area contributed by atoms with Gasteiger partial charge >= 0.3 is 5.97 Å². The van der Waals surface area contributed by atoms with E-state index in [-0.39, 0.29) is 29.2 Å². The van der Waals surface area contributed by atoms with Crippen LogP contribution in [-0.2, 0) is 9.59 Å². The van der Waals surface area contributed by atoms with E-state index in [1.165, 1.54) is 23.1 Å². The summed E-state index contributed by atoms with van der Waals surface area (Å²) in [5, 5.41) is 8.93. The maximum Gasteiger partial charge on any atom is 0.335 e. The lowest BCUT2D eigenvalue weighted by Gasteiger charge is -2.17. The summed E-state index contributed by atoms with van der Waals surface area (Å²) in [6.45, 7) is 0. The number of carboxylic acid groups (broad SMARTS) is 1. The molecule has 1 N–H and O–H groups in total. The van der Waals surface area contributed by atoms with Crippen molar-refractivity contribution in [3.05, 3.63) is 28.2 Å². The maximum atomic E-state index is 12.3. The molecule has 3 rings (SSSR count). The Bertz CT molecular complexity index is 606. The fourth-order valence-corrected chi connectivity index (χ4v) is 3.61. The quantitative estimate of drug-likeness (QED) is 0.841. The van der Waals surface area contributed by atoms with Crippen LogP contribution in [0.15, 0.2) is 22.7 Å². The van der Waals surface area contributed by atoms with Gasteiger partial charge in [0.25, 0.3) is 0 Å². The Morgan fingerprint density at radius 2 is 1.80 bits per heavy atom. The predicted octanol–water partition coefficient (Wildman–Crippen LogP) is 2.44. The molecule has 1 heterocycles. The van der Waals surface area contributed by atoms with Crippen LogP contribution in [0.3, 0.4) is 0 Å². The number of nitrogens with zero attached hydrogens (tertiary/aromatic N) is 1. The van der Waals surface area contributed by atoms with E-state index in [4.69, 9.17) is 5.11 Å². The molecular formula is C14H12BrNO4. The fraction of sp³-hybridized carbons (Fsp3) is 0.357. The van der Waals surface area contributed by atoms with Crippen molar-refractivity contribution in [1.82, 2.24) is 0 Å². The van der Waals surface area contributed by atoms with Crippen LogP contribution in [0, 0.1) is 11.8 Å². The van der Waals surface area contributed by atoms with Gasteiger partial charge in [0.15, 0.2) is 0 Å². The second-order valence-corrected chi connectivity index (χ2v) is 5.98. The highest BCUT2D eigenvalue weighted by atomic mass is 79.9. The Kier molecular flexibility index (Phi) is 3.12. The summed E-state index contributed by atoms with van der Waals surface area (Å²) in [6, 6.07) is 4.31. The molecule has 1 aromatic rings. The van der Waals surface area contributed by atoms with Gasteiger partial charge in [-0.2, -0.15) is 0 Å². The lowest BCUT2D eigenvalue weighted by atomic mass is 10.00. The molecule has 2 fully saturated rings. The van der Waals surface area contributed by atoms with Gasteiger partial charge in [-0.05, 0) is 47.0 Å². The minimum absolute atomic E-state index is 0.111. The molecule has 20 heavy (non-hydrogen) atoms. The standard InChI is InChI=1S/C14H12BrNO4/c15-10-6-7(14(19)20)4-5-11(10)16-12(17)8-2-1-3-9(8)13(16)18/h4-6,8-9H,1-3H2,(H,19,20). The fourth-order valence-electron chi connectivity index (χ4n) is 3.05. The average molecular weight is 338 g/mol. The summed E-state index contributed by atoms with van der Waals surface area (Å²) in [7, 11) is 0. The normalized spacial score (nSPS) is 25.1. The highest BCUT2D eigenvalue weighted by Gasteiger charge is 2.50. The zero-order valence-electron chi connectivity index (χ0n) is 10.5. The van der Waals surface area contributed by atoms with Crippen LogP contribution in [-0.4, -0.2) is 22.9 Å². The number of anilines is 1. The molecule has 0 aromatic heterocycles. The molecule has 2 amide bonds. The first-order valence-corrected chi connectivity index (χ1v) is 7.20. The molecule has 2 atom stereocenters. The number of carbonyl (C=O) groups is 3. The Morgan fingerprint density at radius 1 is 1.20 bits per heavy atom. The van der Waals surface area contributed by atoms with Crippen LogP contribution >= 0.6 is 15.9 Å². The summed E-state index contributed by atoms with van der Waals surface area (Å²) in [6.07, 6.45) is 2.44. The molecule has 104 valence electrons. The molecule has 5 nitrogen and oxygen atoms in total. The van der Waals surface area contributed by atoms with Gasteiger partial charge in [-0.1, -0.05) is 6.42 Å². The minimum Gasteiger partial charge on any atom is -0.478 e. The van der Waals surface area contributed by atoms with Crippen LogP contribution in [0.4, 0.5) is 5.69 Å². The van der Waals surface area contributed by atoms with Gasteiger partial charge in [0.2, 0.25) is 11.8 Å². The van der Waals surface area contributed by atoms with Gasteiger partial charge in [-0.15, -0.1) is 0 Å². The molecule has 1 saturated carbocycles. The molecule has 2 aliphatic rings. The third kappa shape index (κ3) is 1.86. The number of halogens is 1. The largest absolute Gasteiger partial charge is 0.478 e.